The molecule has 6 aromatic rings. The maximum atomic E-state index is 4.40. The fraction of sp³-hybridized carbons (Fsp3) is 0.139. The number of thioether (sulfide) groups is 1. The van der Waals surface area contributed by atoms with Crippen molar-refractivity contribution in [2.45, 2.75) is 30.4 Å². The van der Waals surface area contributed by atoms with E-state index in [9.17, 15) is 0 Å². The molecule has 6 aromatic carbocycles. The molecule has 0 N–H and O–H groups in total. The number of fused-ring (bicyclic) bond motifs is 3. The number of hydrogen-bond donors (Lipinski definition) is 0. The van der Waals surface area contributed by atoms with Crippen molar-refractivity contribution in [2.75, 3.05) is 6.54 Å². The largest absolute Gasteiger partial charge is 0.311 e. The van der Waals surface area contributed by atoms with Gasteiger partial charge in [0.05, 0.1) is 0 Å². The Kier molecular flexibility index (Phi) is 7.12. The summed E-state index contributed by atoms with van der Waals surface area (Å²) < 4.78 is 0. The van der Waals surface area contributed by atoms with Gasteiger partial charge in [-0.3, -0.25) is 0 Å². The molecule has 0 spiro atoms. The first-order chi connectivity index (χ1) is 18.8. The molecule has 0 bridgehead atoms. The lowest BCUT2D eigenvalue weighted by Gasteiger charge is -2.14. The molecule has 0 aliphatic heterocycles. The Morgan fingerprint density at radius 1 is 0.658 bits per heavy atom. The Bertz CT molecular complexity index is 1800. The molecule has 184 valence electrons. The molecule has 0 saturated heterocycles. The second kappa shape index (κ2) is 11.1. The fourth-order valence-electron chi connectivity index (χ4n) is 5.04. The van der Waals surface area contributed by atoms with Crippen LogP contribution in [0.1, 0.15) is 30.9 Å². The van der Waals surface area contributed by atoms with Gasteiger partial charge in [0, 0.05) is 17.1 Å². The van der Waals surface area contributed by atoms with Crippen LogP contribution in [0.25, 0.3) is 48.3 Å². The van der Waals surface area contributed by atoms with Gasteiger partial charge in [-0.1, -0.05) is 84.6 Å². The van der Waals surface area contributed by atoms with Crippen molar-refractivity contribution in [3.8, 4) is 17.2 Å². The highest BCUT2D eigenvalue weighted by Gasteiger charge is 2.12. The van der Waals surface area contributed by atoms with Crippen molar-refractivity contribution < 1.29 is 0 Å². The molecule has 0 aromatic heterocycles. The molecule has 38 heavy (non-hydrogen) atoms. The number of hydrogen-bond acceptors (Lipinski definition) is 1. The molecule has 0 amide bonds. The molecule has 0 aliphatic rings. The van der Waals surface area contributed by atoms with E-state index in [1.165, 1.54) is 53.9 Å². The Labute approximate surface area is 229 Å². The minimum Gasteiger partial charge on any atom is -0.121 e. The minimum absolute atomic E-state index is 0.854. The molecule has 0 radical (unpaired) electrons. The Morgan fingerprint density at radius 2 is 1.39 bits per heavy atom. The predicted molar refractivity (Wildman–Crippen MR) is 167 cm³/mol. The van der Waals surface area contributed by atoms with Gasteiger partial charge in [0.15, 0.2) is 0 Å². The zero-order valence-electron chi connectivity index (χ0n) is 21.7. The van der Waals surface area contributed by atoms with E-state index in [-0.39, 0.29) is 0 Å². The van der Waals surface area contributed by atoms with Crippen LogP contribution in [0.15, 0.2) is 120 Å². The topological polar surface area (TPSA) is 4.36 Å². The third-order valence-electron chi connectivity index (χ3n) is 7.04. The third kappa shape index (κ3) is 5.17. The van der Waals surface area contributed by atoms with E-state index >= 15 is 0 Å². The van der Waals surface area contributed by atoms with E-state index in [0.29, 0.717) is 0 Å². The van der Waals surface area contributed by atoms with E-state index in [1.807, 2.05) is 11.8 Å². The van der Waals surface area contributed by atoms with E-state index < -0.39 is 0 Å². The highest BCUT2D eigenvalue weighted by molar-refractivity contribution is 7.98. The van der Waals surface area contributed by atoms with E-state index in [2.05, 4.69) is 133 Å². The minimum atomic E-state index is 0.854. The van der Waals surface area contributed by atoms with E-state index in [4.69, 9.17) is 0 Å². The van der Waals surface area contributed by atoms with Crippen molar-refractivity contribution >= 4 is 44.1 Å². The van der Waals surface area contributed by atoms with Gasteiger partial charge >= 0.3 is 6.07 Å². The van der Waals surface area contributed by atoms with Crippen LogP contribution in [0.2, 0.25) is 0 Å². The second-order valence-electron chi connectivity index (χ2n) is 9.75. The Hall–Kier alpha value is -4.06. The molecule has 0 heterocycles. The number of rotatable bonds is 6. The second-order valence-corrected chi connectivity index (χ2v) is 10.8. The van der Waals surface area contributed by atoms with Gasteiger partial charge < -0.3 is 0 Å². The quantitative estimate of drug-likeness (QED) is 0.123. The molecule has 0 fully saturated rings. The number of unbranched alkanes of at least 4 members (excludes halogenated alkanes) is 1. The van der Waals surface area contributed by atoms with Gasteiger partial charge in [-0.2, -0.15) is 0 Å². The van der Waals surface area contributed by atoms with Gasteiger partial charge in [-0.05, 0) is 97.9 Å². The van der Waals surface area contributed by atoms with Crippen molar-refractivity contribution in [2.24, 2.45) is 0 Å². The summed E-state index contributed by atoms with van der Waals surface area (Å²) in [6, 6.07) is 45.2. The third-order valence-corrected chi connectivity index (χ3v) is 8.11. The Morgan fingerprint density at radius 3 is 2.21 bits per heavy atom. The molecular weight excluding hydrogens is 478 g/mol. The fourth-order valence-corrected chi connectivity index (χ4v) is 5.95. The maximum Gasteiger partial charge on any atom is 0.311 e. The first kappa shape index (κ1) is 24.3. The standard InChI is InChI=1S/C36H30NS/c1-2-3-19-37-24-26-15-17-27(18-16-26)25-38-33-13-8-12-31(22-33)36-34-14-7-6-11-30(34)21-32-20-28-9-4-5-10-29(28)23-35(32)36/h4-18,20-23H,2-3,19,25H2,1H3/q+1. The summed E-state index contributed by atoms with van der Waals surface area (Å²) in [6.07, 6.45) is 2.28. The summed E-state index contributed by atoms with van der Waals surface area (Å²) in [5, 5.41) is 7.71. The average molecular weight is 509 g/mol. The first-order valence-electron chi connectivity index (χ1n) is 13.4. The summed E-state index contributed by atoms with van der Waals surface area (Å²) in [4.78, 5) is 5.68. The summed E-state index contributed by atoms with van der Waals surface area (Å²) in [5.74, 6) is 0.928. The van der Waals surface area contributed by atoms with Crippen LogP contribution in [0.3, 0.4) is 0 Å². The summed E-state index contributed by atoms with van der Waals surface area (Å²) in [7, 11) is 0. The SMILES string of the molecule is CCCC[N+]#Cc1ccc(CSc2cccc(-c3c4ccccc4cc4cc5ccccc5cc34)c2)cc1. The van der Waals surface area contributed by atoms with Crippen molar-refractivity contribution in [1.29, 1.82) is 0 Å². The van der Waals surface area contributed by atoms with Crippen LogP contribution in [0.5, 0.6) is 0 Å². The number of benzene rings is 6. The summed E-state index contributed by atoms with van der Waals surface area (Å²) in [5.41, 5.74) is 4.93. The van der Waals surface area contributed by atoms with Crippen LogP contribution in [0.4, 0.5) is 0 Å². The van der Waals surface area contributed by atoms with Crippen LogP contribution in [-0.2, 0) is 5.75 Å². The van der Waals surface area contributed by atoms with Crippen LogP contribution >= 0.6 is 11.8 Å². The smallest absolute Gasteiger partial charge is 0.121 e. The zero-order valence-corrected chi connectivity index (χ0v) is 22.5. The zero-order chi connectivity index (χ0) is 25.7. The maximum absolute atomic E-state index is 4.40. The van der Waals surface area contributed by atoms with Gasteiger partial charge in [0.1, 0.15) is 5.56 Å². The van der Waals surface area contributed by atoms with Gasteiger partial charge in [-0.15, -0.1) is 11.8 Å². The molecule has 0 saturated carbocycles. The lowest BCUT2D eigenvalue weighted by molar-refractivity contribution is 0.859. The molecule has 1 nitrogen and oxygen atoms in total. The lowest BCUT2D eigenvalue weighted by Crippen LogP contribution is -1.87. The molecule has 0 unspecified atom stereocenters. The molecular formula is C36H30NS+. The van der Waals surface area contributed by atoms with Crippen molar-refractivity contribution in [3.63, 3.8) is 0 Å². The van der Waals surface area contributed by atoms with E-state index in [0.717, 1.165) is 30.7 Å². The van der Waals surface area contributed by atoms with E-state index in [1.54, 1.807) is 0 Å². The highest BCUT2D eigenvalue weighted by atomic mass is 32.2. The Balaban J connectivity index is 1.32. The lowest BCUT2D eigenvalue weighted by atomic mass is 9.90. The van der Waals surface area contributed by atoms with Crippen LogP contribution in [-0.4, -0.2) is 6.54 Å². The number of nitrogens with zero attached hydrogens (tertiary/aromatic N) is 1. The monoisotopic (exact) mass is 508 g/mol. The van der Waals surface area contributed by atoms with Gasteiger partial charge in [0.2, 0.25) is 0 Å². The predicted octanol–water partition coefficient (Wildman–Crippen LogP) is 10.6. The molecule has 6 rings (SSSR count). The van der Waals surface area contributed by atoms with Crippen molar-refractivity contribution in [3.05, 3.63) is 131 Å². The summed E-state index contributed by atoms with van der Waals surface area (Å²) in [6.45, 7) is 3.04. The van der Waals surface area contributed by atoms with Gasteiger partial charge in [-0.25, -0.2) is 0 Å². The van der Waals surface area contributed by atoms with Crippen LogP contribution in [0, 0.1) is 6.07 Å². The molecule has 0 atom stereocenters. The van der Waals surface area contributed by atoms with Gasteiger partial charge in [0.25, 0.3) is 6.54 Å². The average Bonchev–Trinajstić information content (AvgIpc) is 2.97. The highest BCUT2D eigenvalue weighted by Crippen LogP contribution is 2.39. The van der Waals surface area contributed by atoms with Crippen LogP contribution < -0.4 is 0 Å². The summed E-state index contributed by atoms with van der Waals surface area (Å²) >= 11 is 1.88. The normalized spacial score (nSPS) is 11.1. The first-order valence-corrected chi connectivity index (χ1v) is 14.4. The molecule has 2 heteroatoms. The molecule has 0 aliphatic carbocycles. The van der Waals surface area contributed by atoms with Crippen molar-refractivity contribution in [1.82, 2.24) is 0 Å².